The second kappa shape index (κ2) is 5.76. The van der Waals surface area contributed by atoms with Gasteiger partial charge in [0.1, 0.15) is 17.8 Å². The molecule has 7 nitrogen and oxygen atoms in total. The molecule has 1 aliphatic heterocycles. The maximum Gasteiger partial charge on any atom is 0.253 e. The Morgan fingerprint density at radius 2 is 2.25 bits per heavy atom. The molecule has 1 amide bonds. The SMILES string of the molecule is Cc1ncc2ccc(C(=O)N[C@H]3CCO[C@@H]3c3nccn3C)cn12. The number of carbonyl (C=O) groups is 1. The van der Waals surface area contributed by atoms with Gasteiger partial charge in [-0.25, -0.2) is 9.97 Å². The zero-order chi connectivity index (χ0) is 16.7. The van der Waals surface area contributed by atoms with Crippen LogP contribution in [-0.2, 0) is 11.8 Å². The maximum atomic E-state index is 12.6. The molecule has 24 heavy (non-hydrogen) atoms. The van der Waals surface area contributed by atoms with Crippen molar-refractivity contribution in [1.29, 1.82) is 0 Å². The van der Waals surface area contributed by atoms with E-state index in [0.717, 1.165) is 23.6 Å². The highest BCUT2D eigenvalue weighted by Gasteiger charge is 2.33. The fourth-order valence-electron chi connectivity index (χ4n) is 3.15. The molecule has 0 spiro atoms. The van der Waals surface area contributed by atoms with Crippen LogP contribution in [0.25, 0.3) is 5.52 Å². The van der Waals surface area contributed by atoms with Crippen molar-refractivity contribution in [1.82, 2.24) is 24.3 Å². The third-order valence-electron chi connectivity index (χ3n) is 4.50. The van der Waals surface area contributed by atoms with E-state index in [9.17, 15) is 4.79 Å². The largest absolute Gasteiger partial charge is 0.368 e. The lowest BCUT2D eigenvalue weighted by Gasteiger charge is -2.19. The molecule has 0 bridgehead atoms. The van der Waals surface area contributed by atoms with E-state index in [0.29, 0.717) is 12.2 Å². The van der Waals surface area contributed by atoms with Crippen LogP contribution in [0.2, 0.25) is 0 Å². The van der Waals surface area contributed by atoms with E-state index < -0.39 is 0 Å². The molecule has 124 valence electrons. The second-order valence-electron chi connectivity index (χ2n) is 6.07. The van der Waals surface area contributed by atoms with Crippen molar-refractivity contribution in [2.75, 3.05) is 6.61 Å². The monoisotopic (exact) mass is 325 g/mol. The minimum Gasteiger partial charge on any atom is -0.368 e. The third kappa shape index (κ3) is 2.46. The van der Waals surface area contributed by atoms with E-state index in [-0.39, 0.29) is 18.1 Å². The number of hydrogen-bond acceptors (Lipinski definition) is 4. The number of rotatable bonds is 3. The molecule has 2 atom stereocenters. The van der Waals surface area contributed by atoms with Crippen LogP contribution in [0.15, 0.2) is 36.9 Å². The topological polar surface area (TPSA) is 73.4 Å². The van der Waals surface area contributed by atoms with Crippen LogP contribution in [0.1, 0.15) is 34.5 Å². The van der Waals surface area contributed by atoms with Crippen LogP contribution in [0.3, 0.4) is 0 Å². The normalized spacial score (nSPS) is 20.6. The molecule has 1 fully saturated rings. The summed E-state index contributed by atoms with van der Waals surface area (Å²) >= 11 is 0. The van der Waals surface area contributed by atoms with Gasteiger partial charge >= 0.3 is 0 Å². The zero-order valence-electron chi connectivity index (χ0n) is 13.6. The van der Waals surface area contributed by atoms with E-state index in [1.54, 1.807) is 12.4 Å². The highest BCUT2D eigenvalue weighted by Crippen LogP contribution is 2.28. The number of carbonyl (C=O) groups excluding carboxylic acids is 1. The van der Waals surface area contributed by atoms with Gasteiger partial charge in [0.15, 0.2) is 0 Å². The fourth-order valence-corrected chi connectivity index (χ4v) is 3.15. The van der Waals surface area contributed by atoms with Crippen molar-refractivity contribution < 1.29 is 9.53 Å². The van der Waals surface area contributed by atoms with Gasteiger partial charge < -0.3 is 19.0 Å². The number of imidazole rings is 2. The number of ether oxygens (including phenoxy) is 1. The Kier molecular flexibility index (Phi) is 3.57. The number of nitrogens with zero attached hydrogens (tertiary/aromatic N) is 4. The first-order valence-electron chi connectivity index (χ1n) is 7.97. The maximum absolute atomic E-state index is 12.6. The quantitative estimate of drug-likeness (QED) is 0.794. The molecule has 3 aromatic heterocycles. The molecule has 0 unspecified atom stereocenters. The van der Waals surface area contributed by atoms with Crippen LogP contribution >= 0.6 is 0 Å². The molecule has 0 radical (unpaired) electrons. The summed E-state index contributed by atoms with van der Waals surface area (Å²) in [6.07, 6.45) is 7.79. The lowest BCUT2D eigenvalue weighted by Crippen LogP contribution is -2.37. The molecule has 1 saturated heterocycles. The summed E-state index contributed by atoms with van der Waals surface area (Å²) in [6.45, 7) is 2.53. The van der Waals surface area contributed by atoms with E-state index in [2.05, 4.69) is 15.3 Å². The molecule has 7 heteroatoms. The summed E-state index contributed by atoms with van der Waals surface area (Å²) in [5.74, 6) is 1.58. The van der Waals surface area contributed by atoms with E-state index in [4.69, 9.17) is 4.74 Å². The fraction of sp³-hybridized carbons (Fsp3) is 0.353. The third-order valence-corrected chi connectivity index (χ3v) is 4.50. The van der Waals surface area contributed by atoms with E-state index in [1.807, 2.05) is 47.5 Å². The number of fused-ring (bicyclic) bond motifs is 1. The molecular weight excluding hydrogens is 306 g/mol. The minimum absolute atomic E-state index is 0.0850. The van der Waals surface area contributed by atoms with Crippen LogP contribution in [0, 0.1) is 6.92 Å². The highest BCUT2D eigenvalue weighted by molar-refractivity contribution is 5.94. The Morgan fingerprint density at radius 1 is 1.38 bits per heavy atom. The number of amides is 1. The second-order valence-corrected chi connectivity index (χ2v) is 6.07. The van der Waals surface area contributed by atoms with Gasteiger partial charge in [-0.15, -0.1) is 0 Å². The molecule has 0 aromatic carbocycles. The van der Waals surface area contributed by atoms with Gasteiger partial charge in [0.05, 0.1) is 23.3 Å². The minimum atomic E-state index is -0.215. The zero-order valence-corrected chi connectivity index (χ0v) is 13.6. The predicted octanol–water partition coefficient (Wildman–Crippen LogP) is 1.64. The smallest absolute Gasteiger partial charge is 0.253 e. The number of hydrogen-bond donors (Lipinski definition) is 1. The van der Waals surface area contributed by atoms with E-state index >= 15 is 0 Å². The molecule has 1 aliphatic rings. The average molecular weight is 325 g/mol. The van der Waals surface area contributed by atoms with Crippen molar-refractivity contribution in [3.05, 3.63) is 54.1 Å². The standard InChI is InChI=1S/C17H19N5O2/c1-11-19-9-13-4-3-12(10-22(11)13)17(23)20-14-5-8-24-15(14)16-18-6-7-21(16)2/h3-4,6-7,9-10,14-15H,5,8H2,1-2H3,(H,20,23)/t14-,15-/m0/s1. The average Bonchev–Trinajstić information content (AvgIpc) is 3.28. The first kappa shape index (κ1) is 14.9. The first-order chi connectivity index (χ1) is 11.6. The van der Waals surface area contributed by atoms with Gasteiger partial charge in [-0.2, -0.15) is 0 Å². The Hall–Kier alpha value is -2.67. The van der Waals surface area contributed by atoms with Crippen LogP contribution < -0.4 is 5.32 Å². The van der Waals surface area contributed by atoms with Crippen LogP contribution in [0.5, 0.6) is 0 Å². The van der Waals surface area contributed by atoms with Crippen LogP contribution in [-0.4, -0.2) is 37.5 Å². The molecule has 4 rings (SSSR count). The summed E-state index contributed by atoms with van der Waals surface area (Å²) in [7, 11) is 1.93. The van der Waals surface area contributed by atoms with Gasteiger partial charge in [0.25, 0.3) is 5.91 Å². The first-order valence-corrected chi connectivity index (χ1v) is 7.97. The van der Waals surface area contributed by atoms with Gasteiger partial charge in [-0.05, 0) is 25.5 Å². The van der Waals surface area contributed by atoms with Gasteiger partial charge in [0, 0.05) is 32.2 Å². The Bertz CT molecular complexity index is 897. The van der Waals surface area contributed by atoms with Gasteiger partial charge in [-0.1, -0.05) is 0 Å². The van der Waals surface area contributed by atoms with Gasteiger partial charge in [-0.3, -0.25) is 4.79 Å². The van der Waals surface area contributed by atoms with Crippen molar-refractivity contribution in [2.45, 2.75) is 25.5 Å². The molecule has 4 heterocycles. The summed E-state index contributed by atoms with van der Waals surface area (Å²) in [5, 5.41) is 3.09. The Balaban J connectivity index is 1.56. The Morgan fingerprint density at radius 3 is 3.04 bits per heavy atom. The molecular formula is C17H19N5O2. The highest BCUT2D eigenvalue weighted by atomic mass is 16.5. The molecule has 0 saturated carbocycles. The molecule has 1 N–H and O–H groups in total. The number of nitrogens with one attached hydrogen (secondary N) is 1. The number of pyridine rings is 1. The van der Waals surface area contributed by atoms with Crippen molar-refractivity contribution in [3.63, 3.8) is 0 Å². The summed E-state index contributed by atoms with van der Waals surface area (Å²) in [4.78, 5) is 21.3. The predicted molar refractivity (Wildman–Crippen MR) is 87.7 cm³/mol. The van der Waals surface area contributed by atoms with Crippen LogP contribution in [0.4, 0.5) is 0 Å². The van der Waals surface area contributed by atoms with Crippen molar-refractivity contribution >= 4 is 11.4 Å². The number of aryl methyl sites for hydroxylation is 2. The lowest BCUT2D eigenvalue weighted by molar-refractivity contribution is 0.0779. The van der Waals surface area contributed by atoms with E-state index in [1.165, 1.54) is 0 Å². The van der Waals surface area contributed by atoms with Crippen molar-refractivity contribution in [2.24, 2.45) is 7.05 Å². The summed E-state index contributed by atoms with van der Waals surface area (Å²) in [5.41, 5.74) is 1.58. The van der Waals surface area contributed by atoms with Crippen molar-refractivity contribution in [3.8, 4) is 0 Å². The van der Waals surface area contributed by atoms with Gasteiger partial charge in [0.2, 0.25) is 0 Å². The summed E-state index contributed by atoms with van der Waals surface area (Å²) < 4.78 is 9.63. The molecule has 3 aromatic rings. The lowest BCUT2D eigenvalue weighted by atomic mass is 10.1. The molecule has 0 aliphatic carbocycles. The number of aromatic nitrogens is 4. The summed E-state index contributed by atoms with van der Waals surface area (Å²) in [6, 6.07) is 3.63. The Labute approximate surface area is 139 Å².